The van der Waals surface area contributed by atoms with Crippen molar-refractivity contribution in [2.75, 3.05) is 7.11 Å². The molecule has 0 spiro atoms. The Morgan fingerprint density at radius 3 is 2.08 bits per heavy atom. The van der Waals surface area contributed by atoms with Gasteiger partial charge in [-0.25, -0.2) is 0 Å². The molecule has 1 N–H and O–H groups in total. The average Bonchev–Trinajstić information content (AvgIpc) is 2.70. The molecular weight excluding hydrogens is 152 g/mol. The molecule has 0 aromatic heterocycles. The minimum absolute atomic E-state index is 0.0463. The van der Waals surface area contributed by atoms with Gasteiger partial charge in [-0.05, 0) is 24.2 Å². The lowest BCUT2D eigenvalue weighted by molar-refractivity contribution is -0.0741. The summed E-state index contributed by atoms with van der Waals surface area (Å²) in [6.07, 6.45) is 2.14. The van der Waals surface area contributed by atoms with E-state index >= 15 is 0 Å². The average molecular weight is 172 g/mol. The summed E-state index contributed by atoms with van der Waals surface area (Å²) >= 11 is 0. The topological polar surface area (TPSA) is 29.5 Å². The first-order valence-electron chi connectivity index (χ1n) is 4.67. The second-order valence-corrected chi connectivity index (χ2v) is 4.85. The summed E-state index contributed by atoms with van der Waals surface area (Å²) in [5.41, 5.74) is -0.0662. The molecule has 1 fully saturated rings. The summed E-state index contributed by atoms with van der Waals surface area (Å²) in [6.45, 7) is 6.14. The Morgan fingerprint density at radius 1 is 1.33 bits per heavy atom. The van der Waals surface area contributed by atoms with Crippen LogP contribution in [0.15, 0.2) is 0 Å². The van der Waals surface area contributed by atoms with Gasteiger partial charge in [-0.3, -0.25) is 0 Å². The van der Waals surface area contributed by atoms with E-state index in [0.29, 0.717) is 5.92 Å². The van der Waals surface area contributed by atoms with E-state index < -0.39 is 0 Å². The third-order valence-electron chi connectivity index (χ3n) is 2.56. The normalized spacial score (nSPS) is 23.8. The number of hydrogen-bond acceptors (Lipinski definition) is 2. The van der Waals surface area contributed by atoms with Crippen molar-refractivity contribution in [3.8, 4) is 0 Å². The largest absolute Gasteiger partial charge is 0.390 e. The monoisotopic (exact) mass is 172 g/mol. The maximum Gasteiger partial charge on any atom is 0.0863 e. The molecule has 2 unspecified atom stereocenters. The second-order valence-electron chi connectivity index (χ2n) is 4.85. The molecule has 0 radical (unpaired) electrons. The molecule has 0 saturated heterocycles. The van der Waals surface area contributed by atoms with Crippen molar-refractivity contribution in [3.63, 3.8) is 0 Å². The number of methoxy groups -OCH3 is 1. The van der Waals surface area contributed by atoms with Crippen molar-refractivity contribution < 1.29 is 9.84 Å². The first kappa shape index (κ1) is 10.0. The molecule has 0 aromatic rings. The molecule has 0 amide bonds. The van der Waals surface area contributed by atoms with E-state index in [1.165, 1.54) is 12.8 Å². The van der Waals surface area contributed by atoms with Crippen molar-refractivity contribution in [2.24, 2.45) is 11.3 Å². The fraction of sp³-hybridized carbons (Fsp3) is 1.00. The van der Waals surface area contributed by atoms with Gasteiger partial charge in [-0.15, -0.1) is 0 Å². The van der Waals surface area contributed by atoms with Crippen molar-refractivity contribution in [1.29, 1.82) is 0 Å². The predicted octanol–water partition coefficient (Wildman–Crippen LogP) is 1.82. The summed E-state index contributed by atoms with van der Waals surface area (Å²) < 4.78 is 5.31. The van der Waals surface area contributed by atoms with Gasteiger partial charge in [0, 0.05) is 7.11 Å². The third kappa shape index (κ3) is 2.20. The highest BCUT2D eigenvalue weighted by molar-refractivity contribution is 4.91. The van der Waals surface area contributed by atoms with Crippen LogP contribution in [0, 0.1) is 11.3 Å². The van der Waals surface area contributed by atoms with E-state index in [0.717, 1.165) is 0 Å². The first-order chi connectivity index (χ1) is 5.46. The van der Waals surface area contributed by atoms with Crippen LogP contribution in [0.4, 0.5) is 0 Å². The summed E-state index contributed by atoms with van der Waals surface area (Å²) in [5, 5.41) is 9.93. The molecular formula is C10H20O2. The van der Waals surface area contributed by atoms with Gasteiger partial charge < -0.3 is 9.84 Å². The number of hydrogen-bond donors (Lipinski definition) is 1. The molecule has 0 aliphatic heterocycles. The first-order valence-corrected chi connectivity index (χ1v) is 4.67. The Kier molecular flexibility index (Phi) is 2.79. The van der Waals surface area contributed by atoms with Crippen molar-refractivity contribution >= 4 is 0 Å². The fourth-order valence-electron chi connectivity index (χ4n) is 1.50. The highest BCUT2D eigenvalue weighted by atomic mass is 16.5. The van der Waals surface area contributed by atoms with Gasteiger partial charge in [0.1, 0.15) is 0 Å². The lowest BCUT2D eigenvalue weighted by Gasteiger charge is -2.32. The fourth-order valence-corrected chi connectivity index (χ4v) is 1.50. The van der Waals surface area contributed by atoms with Crippen LogP contribution in [0.3, 0.4) is 0 Å². The van der Waals surface area contributed by atoms with Gasteiger partial charge in [0.05, 0.1) is 12.2 Å². The maximum atomic E-state index is 9.93. The van der Waals surface area contributed by atoms with E-state index in [1.54, 1.807) is 7.11 Å². The Hall–Kier alpha value is -0.0800. The SMILES string of the molecule is COC(C1CC1)C(O)C(C)(C)C. The van der Waals surface area contributed by atoms with Gasteiger partial charge in [-0.2, -0.15) is 0 Å². The van der Waals surface area contributed by atoms with E-state index in [4.69, 9.17) is 4.74 Å². The van der Waals surface area contributed by atoms with Crippen LogP contribution in [0.2, 0.25) is 0 Å². The summed E-state index contributed by atoms with van der Waals surface area (Å²) in [6, 6.07) is 0. The molecule has 0 aromatic carbocycles. The summed E-state index contributed by atoms with van der Waals surface area (Å²) in [7, 11) is 1.69. The van der Waals surface area contributed by atoms with Crippen molar-refractivity contribution in [1.82, 2.24) is 0 Å². The molecule has 2 atom stereocenters. The number of rotatable bonds is 3. The van der Waals surface area contributed by atoms with Crippen LogP contribution in [0.25, 0.3) is 0 Å². The number of aliphatic hydroxyl groups is 1. The van der Waals surface area contributed by atoms with Crippen LogP contribution >= 0.6 is 0 Å². The maximum absolute atomic E-state index is 9.93. The third-order valence-corrected chi connectivity index (χ3v) is 2.56. The van der Waals surface area contributed by atoms with Gasteiger partial charge in [0.2, 0.25) is 0 Å². The smallest absolute Gasteiger partial charge is 0.0863 e. The van der Waals surface area contributed by atoms with E-state index in [9.17, 15) is 5.11 Å². The molecule has 12 heavy (non-hydrogen) atoms. The number of ether oxygens (including phenoxy) is 1. The summed E-state index contributed by atoms with van der Waals surface area (Å²) in [5.74, 6) is 0.601. The van der Waals surface area contributed by atoms with Crippen LogP contribution < -0.4 is 0 Å². The van der Waals surface area contributed by atoms with Crippen LogP contribution in [-0.4, -0.2) is 24.4 Å². The molecule has 1 aliphatic rings. The Balaban J connectivity index is 2.52. The zero-order valence-corrected chi connectivity index (χ0v) is 8.50. The molecule has 1 aliphatic carbocycles. The van der Waals surface area contributed by atoms with E-state index in [-0.39, 0.29) is 17.6 Å². The van der Waals surface area contributed by atoms with Crippen LogP contribution in [-0.2, 0) is 4.74 Å². The molecule has 0 bridgehead atoms. The highest BCUT2D eigenvalue weighted by Gasteiger charge is 2.40. The minimum atomic E-state index is -0.338. The Labute approximate surface area is 74.9 Å². The molecule has 2 heteroatoms. The second kappa shape index (κ2) is 3.35. The standard InChI is InChI=1S/C10H20O2/c1-10(2,3)9(11)8(12-4)7-5-6-7/h7-9,11H,5-6H2,1-4H3. The van der Waals surface area contributed by atoms with Gasteiger partial charge in [0.25, 0.3) is 0 Å². The quantitative estimate of drug-likeness (QED) is 0.703. The predicted molar refractivity (Wildman–Crippen MR) is 49.0 cm³/mol. The lowest BCUT2D eigenvalue weighted by atomic mass is 9.84. The Morgan fingerprint density at radius 2 is 1.83 bits per heavy atom. The van der Waals surface area contributed by atoms with Gasteiger partial charge in [-0.1, -0.05) is 20.8 Å². The van der Waals surface area contributed by atoms with E-state index in [1.807, 2.05) is 20.8 Å². The molecule has 0 heterocycles. The van der Waals surface area contributed by atoms with E-state index in [2.05, 4.69) is 0 Å². The zero-order valence-electron chi connectivity index (χ0n) is 8.50. The zero-order chi connectivity index (χ0) is 9.35. The molecule has 1 saturated carbocycles. The number of aliphatic hydroxyl groups excluding tert-OH is 1. The Bertz CT molecular complexity index is 144. The molecule has 1 rings (SSSR count). The molecule has 2 nitrogen and oxygen atoms in total. The van der Waals surface area contributed by atoms with Crippen molar-refractivity contribution in [2.45, 2.75) is 45.8 Å². The van der Waals surface area contributed by atoms with Gasteiger partial charge in [0.15, 0.2) is 0 Å². The van der Waals surface area contributed by atoms with Crippen LogP contribution in [0.1, 0.15) is 33.6 Å². The lowest BCUT2D eigenvalue weighted by Crippen LogP contribution is -2.40. The van der Waals surface area contributed by atoms with Crippen molar-refractivity contribution in [3.05, 3.63) is 0 Å². The summed E-state index contributed by atoms with van der Waals surface area (Å²) in [4.78, 5) is 0. The van der Waals surface area contributed by atoms with Crippen LogP contribution in [0.5, 0.6) is 0 Å². The van der Waals surface area contributed by atoms with Gasteiger partial charge >= 0.3 is 0 Å². The highest BCUT2D eigenvalue weighted by Crippen LogP contribution is 2.39. The minimum Gasteiger partial charge on any atom is -0.390 e. The molecule has 72 valence electrons.